The van der Waals surface area contributed by atoms with Crippen LogP contribution in [-0.4, -0.2) is 23.0 Å². The van der Waals surface area contributed by atoms with E-state index in [1.54, 1.807) is 13.2 Å². The number of amides is 1. The first-order valence-corrected chi connectivity index (χ1v) is 7.02. The van der Waals surface area contributed by atoms with Crippen LogP contribution in [0.1, 0.15) is 16.1 Å². The topological polar surface area (TPSA) is 77.2 Å². The number of carbonyl (C=O) groups is 1. The molecule has 0 saturated carbocycles. The molecule has 1 amide bonds. The molecule has 0 bridgehead atoms. The molecule has 0 aliphatic carbocycles. The lowest BCUT2D eigenvalue weighted by Crippen LogP contribution is -2.22. The number of aromatic nitrogens is 2. The first kappa shape index (κ1) is 14.8. The smallest absolute Gasteiger partial charge is 0.254 e. The van der Waals surface area contributed by atoms with Gasteiger partial charge >= 0.3 is 0 Å². The molecule has 6 heteroatoms. The Kier molecular flexibility index (Phi) is 4.33. The normalized spacial score (nSPS) is 10.3. The van der Waals surface area contributed by atoms with E-state index in [1.807, 2.05) is 30.3 Å². The maximum absolute atomic E-state index is 11.9. The Morgan fingerprint density at radius 2 is 2.04 bits per heavy atom. The molecule has 0 radical (unpaired) electrons. The number of carbonyl (C=O) groups excluding carboxylic acids is 1. The monoisotopic (exact) mass is 309 g/mol. The van der Waals surface area contributed by atoms with E-state index in [2.05, 4.69) is 15.3 Å². The molecule has 0 spiro atoms. The van der Waals surface area contributed by atoms with Crippen molar-refractivity contribution in [1.29, 1.82) is 0 Å². The highest BCUT2D eigenvalue weighted by atomic mass is 16.5. The third-order valence-corrected chi connectivity index (χ3v) is 3.32. The van der Waals surface area contributed by atoms with Crippen molar-refractivity contribution in [2.75, 3.05) is 7.11 Å². The fraction of sp³-hybridized carbons (Fsp3) is 0.118. The highest BCUT2D eigenvalue weighted by molar-refractivity contribution is 5.93. The standard InChI is InChI=1S/C17H15N3O3/c1-22-15-4-2-12(3-5-15)16-8-14(19-11-20-16)9-18-17(21)13-6-7-23-10-13/h2-8,10-11H,9H2,1H3,(H,18,21). The molecule has 0 fully saturated rings. The Balaban J connectivity index is 1.70. The van der Waals surface area contributed by atoms with Gasteiger partial charge in [0.1, 0.15) is 18.3 Å². The summed E-state index contributed by atoms with van der Waals surface area (Å²) >= 11 is 0. The molecule has 23 heavy (non-hydrogen) atoms. The van der Waals surface area contributed by atoms with Crippen molar-refractivity contribution >= 4 is 5.91 Å². The Morgan fingerprint density at radius 1 is 1.22 bits per heavy atom. The summed E-state index contributed by atoms with van der Waals surface area (Å²) in [5.74, 6) is 0.582. The molecule has 3 rings (SSSR count). The maximum atomic E-state index is 11.9. The number of nitrogens with one attached hydrogen (secondary N) is 1. The predicted molar refractivity (Wildman–Crippen MR) is 83.9 cm³/mol. The molecule has 0 aliphatic heterocycles. The van der Waals surface area contributed by atoms with Crippen LogP contribution in [0.4, 0.5) is 0 Å². The number of benzene rings is 1. The van der Waals surface area contributed by atoms with Crippen LogP contribution >= 0.6 is 0 Å². The summed E-state index contributed by atoms with van der Waals surface area (Å²) in [4.78, 5) is 20.3. The molecule has 6 nitrogen and oxygen atoms in total. The van der Waals surface area contributed by atoms with Crippen molar-refractivity contribution in [1.82, 2.24) is 15.3 Å². The van der Waals surface area contributed by atoms with Crippen LogP contribution in [0.5, 0.6) is 5.75 Å². The highest BCUT2D eigenvalue weighted by Crippen LogP contribution is 2.20. The minimum absolute atomic E-state index is 0.205. The van der Waals surface area contributed by atoms with E-state index >= 15 is 0 Å². The zero-order valence-electron chi connectivity index (χ0n) is 12.5. The van der Waals surface area contributed by atoms with Crippen molar-refractivity contribution < 1.29 is 13.9 Å². The summed E-state index contributed by atoms with van der Waals surface area (Å²) in [6.07, 6.45) is 4.35. The fourth-order valence-corrected chi connectivity index (χ4v) is 2.08. The third kappa shape index (κ3) is 3.55. The second-order valence-electron chi connectivity index (χ2n) is 4.82. The van der Waals surface area contributed by atoms with Crippen LogP contribution < -0.4 is 10.1 Å². The van der Waals surface area contributed by atoms with E-state index in [4.69, 9.17) is 9.15 Å². The average Bonchev–Trinajstić information content (AvgIpc) is 3.15. The summed E-state index contributed by atoms with van der Waals surface area (Å²) in [5, 5.41) is 2.79. The third-order valence-electron chi connectivity index (χ3n) is 3.32. The van der Waals surface area contributed by atoms with Crippen molar-refractivity contribution in [3.8, 4) is 17.0 Å². The van der Waals surface area contributed by atoms with Crippen molar-refractivity contribution in [3.63, 3.8) is 0 Å². The van der Waals surface area contributed by atoms with Gasteiger partial charge in [0.05, 0.1) is 36.9 Å². The Labute approximate surface area is 133 Å². The van der Waals surface area contributed by atoms with Gasteiger partial charge in [-0.3, -0.25) is 4.79 Å². The molecular weight excluding hydrogens is 294 g/mol. The zero-order valence-corrected chi connectivity index (χ0v) is 12.5. The number of methoxy groups -OCH3 is 1. The van der Waals surface area contributed by atoms with Gasteiger partial charge in [-0.1, -0.05) is 0 Å². The SMILES string of the molecule is COc1ccc(-c2cc(CNC(=O)c3ccoc3)ncn2)cc1. The van der Waals surface area contributed by atoms with Crippen LogP contribution in [0, 0.1) is 0 Å². The number of ether oxygens (including phenoxy) is 1. The predicted octanol–water partition coefficient (Wildman–Crippen LogP) is 2.68. The fourth-order valence-electron chi connectivity index (χ4n) is 2.08. The van der Waals surface area contributed by atoms with Crippen LogP contribution in [0.25, 0.3) is 11.3 Å². The molecule has 0 unspecified atom stereocenters. The summed E-state index contributed by atoms with van der Waals surface area (Å²) in [6.45, 7) is 0.315. The summed E-state index contributed by atoms with van der Waals surface area (Å²) < 4.78 is 10.0. The summed E-state index contributed by atoms with van der Waals surface area (Å²) in [6, 6.07) is 11.1. The van der Waals surface area contributed by atoms with Gasteiger partial charge in [-0.2, -0.15) is 0 Å². The van der Waals surface area contributed by atoms with Crippen LogP contribution in [-0.2, 0) is 6.54 Å². The molecule has 2 heterocycles. The minimum Gasteiger partial charge on any atom is -0.497 e. The molecule has 0 aliphatic rings. The second kappa shape index (κ2) is 6.74. The Bertz CT molecular complexity index is 783. The molecular formula is C17H15N3O3. The lowest BCUT2D eigenvalue weighted by atomic mass is 10.1. The van der Waals surface area contributed by atoms with Crippen LogP contribution in [0.3, 0.4) is 0 Å². The van der Waals surface area contributed by atoms with Gasteiger partial charge in [0.25, 0.3) is 5.91 Å². The van der Waals surface area contributed by atoms with E-state index < -0.39 is 0 Å². The summed E-state index contributed by atoms with van der Waals surface area (Å²) in [5.41, 5.74) is 2.95. The van der Waals surface area contributed by atoms with Gasteiger partial charge in [-0.05, 0) is 36.4 Å². The molecule has 1 N–H and O–H groups in total. The lowest BCUT2D eigenvalue weighted by Gasteiger charge is -2.06. The van der Waals surface area contributed by atoms with E-state index in [9.17, 15) is 4.79 Å². The van der Waals surface area contributed by atoms with Gasteiger partial charge < -0.3 is 14.5 Å². The Hall–Kier alpha value is -3.15. The second-order valence-corrected chi connectivity index (χ2v) is 4.82. The number of furan rings is 1. The highest BCUT2D eigenvalue weighted by Gasteiger charge is 2.08. The lowest BCUT2D eigenvalue weighted by molar-refractivity contribution is 0.0950. The van der Waals surface area contributed by atoms with Gasteiger partial charge in [0.15, 0.2) is 0 Å². The van der Waals surface area contributed by atoms with Crippen LogP contribution in [0.2, 0.25) is 0 Å². The zero-order chi connectivity index (χ0) is 16.1. The van der Waals surface area contributed by atoms with Gasteiger partial charge in [0, 0.05) is 5.56 Å². The average molecular weight is 309 g/mol. The molecule has 2 aromatic heterocycles. The number of hydrogen-bond acceptors (Lipinski definition) is 5. The van der Waals surface area contributed by atoms with E-state index in [-0.39, 0.29) is 5.91 Å². The first-order chi connectivity index (χ1) is 11.3. The molecule has 0 atom stereocenters. The van der Waals surface area contributed by atoms with E-state index in [0.29, 0.717) is 12.1 Å². The minimum atomic E-state index is -0.205. The van der Waals surface area contributed by atoms with Crippen molar-refractivity contribution in [2.24, 2.45) is 0 Å². The number of nitrogens with zero attached hydrogens (tertiary/aromatic N) is 2. The first-order valence-electron chi connectivity index (χ1n) is 7.02. The van der Waals surface area contributed by atoms with Crippen molar-refractivity contribution in [3.05, 3.63) is 66.5 Å². The molecule has 0 saturated heterocycles. The number of rotatable bonds is 5. The van der Waals surface area contributed by atoms with Gasteiger partial charge in [-0.25, -0.2) is 9.97 Å². The van der Waals surface area contributed by atoms with Crippen molar-refractivity contribution in [2.45, 2.75) is 6.54 Å². The molecule has 116 valence electrons. The van der Waals surface area contributed by atoms with Gasteiger partial charge in [0.2, 0.25) is 0 Å². The number of hydrogen-bond donors (Lipinski definition) is 1. The largest absolute Gasteiger partial charge is 0.497 e. The van der Waals surface area contributed by atoms with E-state index in [0.717, 1.165) is 22.7 Å². The van der Waals surface area contributed by atoms with Gasteiger partial charge in [-0.15, -0.1) is 0 Å². The summed E-state index contributed by atoms with van der Waals surface area (Å²) in [7, 11) is 1.63. The molecule has 1 aromatic carbocycles. The van der Waals surface area contributed by atoms with Crippen LogP contribution in [0.15, 0.2) is 59.7 Å². The Morgan fingerprint density at radius 3 is 2.74 bits per heavy atom. The maximum Gasteiger partial charge on any atom is 0.254 e. The van der Waals surface area contributed by atoms with E-state index in [1.165, 1.54) is 18.9 Å². The molecule has 3 aromatic rings. The quantitative estimate of drug-likeness (QED) is 0.784.